The summed E-state index contributed by atoms with van der Waals surface area (Å²) in [4.78, 5) is 12.3. The van der Waals surface area contributed by atoms with Crippen molar-refractivity contribution in [2.45, 2.75) is 19.8 Å². The number of carbonyl (C=O) groups excluding carboxylic acids is 1. The van der Waals surface area contributed by atoms with Crippen LogP contribution in [0.25, 0.3) is 17.4 Å². The van der Waals surface area contributed by atoms with Crippen molar-refractivity contribution in [2.24, 2.45) is 0 Å². The van der Waals surface area contributed by atoms with E-state index in [1.165, 1.54) is 17.4 Å². The van der Waals surface area contributed by atoms with E-state index in [1.54, 1.807) is 24.3 Å². The summed E-state index contributed by atoms with van der Waals surface area (Å²) in [5.41, 5.74) is 0.763. The molecule has 6 nitrogen and oxygen atoms in total. The number of aromatic nitrogens is 2. The number of anilines is 1. The van der Waals surface area contributed by atoms with Gasteiger partial charge >= 0.3 is 0 Å². The molecule has 3 aromatic rings. The molecule has 136 valence electrons. The number of nitrogens with zero attached hydrogens (tertiary/aromatic N) is 3. The number of nitriles is 1. The van der Waals surface area contributed by atoms with Gasteiger partial charge in [0.15, 0.2) is 0 Å². The number of aryl methyl sites for hydroxylation is 1. The molecule has 0 aliphatic heterocycles. The second kappa shape index (κ2) is 8.62. The Morgan fingerprint density at radius 2 is 2.07 bits per heavy atom. The van der Waals surface area contributed by atoms with Crippen molar-refractivity contribution < 1.29 is 9.21 Å². The fourth-order valence-electron chi connectivity index (χ4n) is 2.27. The summed E-state index contributed by atoms with van der Waals surface area (Å²) >= 11 is 7.18. The van der Waals surface area contributed by atoms with Crippen LogP contribution in [0, 0.1) is 11.3 Å². The van der Waals surface area contributed by atoms with E-state index in [-0.39, 0.29) is 5.57 Å². The van der Waals surface area contributed by atoms with E-state index in [0.717, 1.165) is 23.4 Å². The van der Waals surface area contributed by atoms with Gasteiger partial charge in [0.2, 0.25) is 5.13 Å². The quantitative estimate of drug-likeness (QED) is 0.468. The van der Waals surface area contributed by atoms with Crippen molar-refractivity contribution in [1.82, 2.24) is 10.2 Å². The van der Waals surface area contributed by atoms with Crippen LogP contribution >= 0.6 is 22.9 Å². The number of hydrogen-bond acceptors (Lipinski definition) is 6. The van der Waals surface area contributed by atoms with E-state index in [2.05, 4.69) is 15.5 Å². The molecule has 1 amide bonds. The van der Waals surface area contributed by atoms with Gasteiger partial charge in [-0.2, -0.15) is 5.26 Å². The van der Waals surface area contributed by atoms with E-state index in [1.807, 2.05) is 25.1 Å². The van der Waals surface area contributed by atoms with E-state index >= 15 is 0 Å². The summed E-state index contributed by atoms with van der Waals surface area (Å²) in [6.07, 6.45) is 3.14. The highest BCUT2D eigenvalue weighted by Crippen LogP contribution is 2.25. The zero-order valence-electron chi connectivity index (χ0n) is 14.4. The molecular weight excluding hydrogens is 384 g/mol. The van der Waals surface area contributed by atoms with Crippen LogP contribution in [-0.4, -0.2) is 16.1 Å². The number of carbonyl (C=O) groups is 1. The highest BCUT2D eigenvalue weighted by molar-refractivity contribution is 7.15. The molecule has 3 rings (SSSR count). The molecule has 1 aromatic carbocycles. The summed E-state index contributed by atoms with van der Waals surface area (Å²) in [6.45, 7) is 2.04. The maximum absolute atomic E-state index is 12.3. The zero-order valence-corrected chi connectivity index (χ0v) is 16.0. The Kier molecular flexibility index (Phi) is 6.01. The Hall–Kier alpha value is -2.95. The molecular formula is C19H15ClN4O2S. The second-order valence-electron chi connectivity index (χ2n) is 5.58. The fraction of sp³-hybridized carbons (Fsp3) is 0.158. The monoisotopic (exact) mass is 398 g/mol. The fourth-order valence-corrected chi connectivity index (χ4v) is 3.24. The number of hydrogen-bond donors (Lipinski definition) is 1. The van der Waals surface area contributed by atoms with Gasteiger partial charge in [-0.25, -0.2) is 0 Å². The first kappa shape index (κ1) is 18.8. The summed E-state index contributed by atoms with van der Waals surface area (Å²) in [5.74, 6) is 0.459. The highest BCUT2D eigenvalue weighted by atomic mass is 35.5. The van der Waals surface area contributed by atoms with Gasteiger partial charge < -0.3 is 4.42 Å². The third kappa shape index (κ3) is 4.82. The molecule has 2 heterocycles. The van der Waals surface area contributed by atoms with Crippen LogP contribution in [0.15, 0.2) is 46.4 Å². The molecule has 0 atom stereocenters. The number of halogens is 1. The second-order valence-corrected chi connectivity index (χ2v) is 7.08. The first-order valence-corrected chi connectivity index (χ1v) is 9.39. The summed E-state index contributed by atoms with van der Waals surface area (Å²) in [6, 6.07) is 12.5. The number of rotatable bonds is 6. The normalized spacial score (nSPS) is 11.2. The van der Waals surface area contributed by atoms with E-state index in [9.17, 15) is 10.1 Å². The summed E-state index contributed by atoms with van der Waals surface area (Å²) in [5, 5.41) is 21.7. The lowest BCUT2D eigenvalue weighted by Crippen LogP contribution is -2.13. The van der Waals surface area contributed by atoms with E-state index < -0.39 is 5.91 Å². The van der Waals surface area contributed by atoms with Crippen molar-refractivity contribution in [2.75, 3.05) is 5.32 Å². The summed E-state index contributed by atoms with van der Waals surface area (Å²) < 4.78 is 5.70. The average molecular weight is 399 g/mol. The Morgan fingerprint density at radius 1 is 1.30 bits per heavy atom. The number of nitrogens with one attached hydrogen (secondary N) is 1. The van der Waals surface area contributed by atoms with Crippen LogP contribution in [0.2, 0.25) is 5.02 Å². The van der Waals surface area contributed by atoms with Crippen molar-refractivity contribution in [3.8, 4) is 17.4 Å². The van der Waals surface area contributed by atoms with Gasteiger partial charge in [0.1, 0.15) is 28.2 Å². The van der Waals surface area contributed by atoms with Gasteiger partial charge in [-0.3, -0.25) is 10.1 Å². The molecule has 0 saturated carbocycles. The molecule has 0 aliphatic rings. The van der Waals surface area contributed by atoms with E-state index in [4.69, 9.17) is 16.0 Å². The largest absolute Gasteiger partial charge is 0.457 e. The minimum Gasteiger partial charge on any atom is -0.457 e. The Bertz CT molecular complexity index is 1020. The maximum Gasteiger partial charge on any atom is 0.268 e. The van der Waals surface area contributed by atoms with Crippen LogP contribution in [0.1, 0.15) is 24.1 Å². The molecule has 0 fully saturated rings. The predicted molar refractivity (Wildman–Crippen MR) is 105 cm³/mol. The smallest absolute Gasteiger partial charge is 0.268 e. The van der Waals surface area contributed by atoms with Crippen molar-refractivity contribution in [1.29, 1.82) is 5.26 Å². The van der Waals surface area contributed by atoms with Crippen molar-refractivity contribution >= 4 is 40.1 Å². The summed E-state index contributed by atoms with van der Waals surface area (Å²) in [7, 11) is 0. The van der Waals surface area contributed by atoms with Crippen molar-refractivity contribution in [3.63, 3.8) is 0 Å². The topological polar surface area (TPSA) is 91.8 Å². The SMILES string of the molecule is CCCc1nnc(NC(=O)/C(C#N)=C\c2ccc(-c3ccc(Cl)cc3)o2)s1. The van der Waals surface area contributed by atoms with E-state index in [0.29, 0.717) is 21.7 Å². The molecule has 27 heavy (non-hydrogen) atoms. The lowest BCUT2D eigenvalue weighted by atomic mass is 10.2. The predicted octanol–water partition coefficient (Wildman–Crippen LogP) is 4.95. The first-order chi connectivity index (χ1) is 13.1. The van der Waals surface area contributed by atoms with Crippen LogP contribution in [-0.2, 0) is 11.2 Å². The molecule has 0 saturated heterocycles. The zero-order chi connectivity index (χ0) is 19.2. The molecule has 0 radical (unpaired) electrons. The molecule has 0 spiro atoms. The van der Waals surface area contributed by atoms with Crippen LogP contribution in [0.4, 0.5) is 5.13 Å². The lowest BCUT2D eigenvalue weighted by Gasteiger charge is -1.99. The Labute approximate surface area is 165 Å². The van der Waals surface area contributed by atoms with Gasteiger partial charge in [-0.15, -0.1) is 10.2 Å². The third-order valence-corrected chi connectivity index (χ3v) is 4.71. The highest BCUT2D eigenvalue weighted by Gasteiger charge is 2.14. The third-order valence-electron chi connectivity index (χ3n) is 3.56. The Balaban J connectivity index is 1.74. The maximum atomic E-state index is 12.3. The molecule has 8 heteroatoms. The molecule has 1 N–H and O–H groups in total. The van der Waals surface area contributed by atoms with Crippen LogP contribution < -0.4 is 5.32 Å². The number of benzene rings is 1. The van der Waals surface area contributed by atoms with Gasteiger partial charge in [-0.05, 0) is 42.8 Å². The lowest BCUT2D eigenvalue weighted by molar-refractivity contribution is -0.112. The molecule has 2 aromatic heterocycles. The first-order valence-electron chi connectivity index (χ1n) is 8.20. The van der Waals surface area contributed by atoms with Gasteiger partial charge in [0.25, 0.3) is 5.91 Å². The van der Waals surface area contributed by atoms with Crippen LogP contribution in [0.3, 0.4) is 0 Å². The number of furan rings is 1. The molecule has 0 unspecified atom stereocenters. The van der Waals surface area contributed by atoms with Gasteiger partial charge in [0, 0.05) is 23.1 Å². The minimum absolute atomic E-state index is 0.0840. The van der Waals surface area contributed by atoms with Gasteiger partial charge in [0.05, 0.1) is 0 Å². The van der Waals surface area contributed by atoms with Gasteiger partial charge in [-0.1, -0.05) is 29.9 Å². The van der Waals surface area contributed by atoms with Crippen molar-refractivity contribution in [3.05, 3.63) is 57.8 Å². The number of amides is 1. The van der Waals surface area contributed by atoms with Crippen LogP contribution in [0.5, 0.6) is 0 Å². The molecule has 0 bridgehead atoms. The standard InChI is InChI=1S/C19H15ClN4O2S/c1-2-3-17-23-24-19(27-17)22-18(25)13(11-21)10-15-8-9-16(26-15)12-4-6-14(20)7-5-12/h4-10H,2-3H2,1H3,(H,22,24,25)/b13-10-. The molecule has 0 aliphatic carbocycles. The average Bonchev–Trinajstić information content (AvgIpc) is 3.30. The Morgan fingerprint density at radius 3 is 2.78 bits per heavy atom. The minimum atomic E-state index is -0.554.